The Morgan fingerprint density at radius 3 is 2.65 bits per heavy atom. The molecule has 2 N–H and O–H groups in total. The number of thiazole rings is 1. The molecule has 1 unspecified atom stereocenters. The molecular formula is C13H22N2OS. The van der Waals surface area contributed by atoms with E-state index in [4.69, 9.17) is 5.11 Å². The van der Waals surface area contributed by atoms with E-state index in [1.165, 1.54) is 17.7 Å². The van der Waals surface area contributed by atoms with Crippen molar-refractivity contribution in [2.24, 2.45) is 5.41 Å². The third-order valence-corrected chi connectivity index (χ3v) is 4.97. The number of nitrogens with zero attached hydrogens (tertiary/aromatic N) is 1. The maximum atomic E-state index is 9.04. The second kappa shape index (κ2) is 5.04. The van der Waals surface area contributed by atoms with Crippen LogP contribution in [0.15, 0.2) is 0 Å². The van der Waals surface area contributed by atoms with Crippen LogP contribution in [-0.4, -0.2) is 23.2 Å². The molecule has 0 aliphatic heterocycles. The highest BCUT2D eigenvalue weighted by atomic mass is 32.1. The van der Waals surface area contributed by atoms with Gasteiger partial charge in [0.1, 0.15) is 0 Å². The van der Waals surface area contributed by atoms with Crippen molar-refractivity contribution < 1.29 is 5.11 Å². The lowest BCUT2D eigenvalue weighted by atomic mass is 10.0. The predicted octanol–water partition coefficient (Wildman–Crippen LogP) is 2.57. The Morgan fingerprint density at radius 2 is 2.18 bits per heavy atom. The van der Waals surface area contributed by atoms with E-state index >= 15 is 0 Å². The summed E-state index contributed by atoms with van der Waals surface area (Å²) < 4.78 is 0. The van der Waals surface area contributed by atoms with Crippen molar-refractivity contribution in [2.45, 2.75) is 46.1 Å². The van der Waals surface area contributed by atoms with Crippen LogP contribution >= 0.6 is 11.3 Å². The molecule has 1 aromatic heterocycles. The summed E-state index contributed by atoms with van der Waals surface area (Å²) in [4.78, 5) is 5.82. The molecule has 0 bridgehead atoms. The zero-order valence-electron chi connectivity index (χ0n) is 10.9. The molecule has 1 fully saturated rings. The average molecular weight is 254 g/mol. The molecule has 0 radical (unpaired) electrons. The van der Waals surface area contributed by atoms with Gasteiger partial charge in [-0.1, -0.05) is 0 Å². The average Bonchev–Trinajstić information content (AvgIpc) is 2.95. The van der Waals surface area contributed by atoms with Crippen molar-refractivity contribution in [1.82, 2.24) is 10.3 Å². The first-order valence-corrected chi connectivity index (χ1v) is 7.16. The van der Waals surface area contributed by atoms with E-state index in [2.05, 4.69) is 31.1 Å². The highest BCUT2D eigenvalue weighted by Crippen LogP contribution is 2.48. The van der Waals surface area contributed by atoms with Crippen LogP contribution in [0.3, 0.4) is 0 Å². The van der Waals surface area contributed by atoms with Gasteiger partial charge in [-0.2, -0.15) is 0 Å². The lowest BCUT2D eigenvalue weighted by Gasteiger charge is -2.19. The molecule has 1 aliphatic carbocycles. The number of aliphatic hydroxyl groups excluding tert-OH is 1. The quantitative estimate of drug-likeness (QED) is 0.820. The molecule has 1 atom stereocenters. The first-order chi connectivity index (χ1) is 8.06. The molecule has 0 aromatic carbocycles. The Bertz CT molecular complexity index is 385. The number of aromatic nitrogens is 1. The van der Waals surface area contributed by atoms with Crippen LogP contribution in [0.5, 0.6) is 0 Å². The van der Waals surface area contributed by atoms with E-state index in [1.807, 2.05) is 0 Å². The molecule has 1 heterocycles. The fourth-order valence-corrected chi connectivity index (χ4v) is 3.29. The van der Waals surface area contributed by atoms with Crippen LogP contribution in [0.4, 0.5) is 0 Å². The first-order valence-electron chi connectivity index (χ1n) is 6.34. The summed E-state index contributed by atoms with van der Waals surface area (Å²) in [5, 5.41) is 13.8. The van der Waals surface area contributed by atoms with Crippen LogP contribution < -0.4 is 5.32 Å². The van der Waals surface area contributed by atoms with Crippen LogP contribution in [0.1, 0.15) is 47.8 Å². The molecule has 3 nitrogen and oxygen atoms in total. The van der Waals surface area contributed by atoms with Gasteiger partial charge in [-0.05, 0) is 45.4 Å². The van der Waals surface area contributed by atoms with Crippen molar-refractivity contribution in [1.29, 1.82) is 0 Å². The van der Waals surface area contributed by atoms with Gasteiger partial charge in [0.15, 0.2) is 0 Å². The molecule has 0 amide bonds. The first kappa shape index (κ1) is 13.0. The molecule has 2 rings (SSSR count). The van der Waals surface area contributed by atoms with E-state index in [0.717, 1.165) is 23.7 Å². The van der Waals surface area contributed by atoms with Crippen LogP contribution in [-0.2, 0) is 0 Å². The number of hydrogen-bond donors (Lipinski definition) is 2. The summed E-state index contributed by atoms with van der Waals surface area (Å²) in [6.07, 6.45) is 3.45. The van der Waals surface area contributed by atoms with Gasteiger partial charge < -0.3 is 10.4 Å². The van der Waals surface area contributed by atoms with E-state index in [-0.39, 0.29) is 0 Å². The molecule has 4 heteroatoms. The summed E-state index contributed by atoms with van der Waals surface area (Å²) >= 11 is 1.78. The number of aryl methyl sites for hydroxylation is 2. The lowest BCUT2D eigenvalue weighted by Crippen LogP contribution is -2.27. The number of nitrogens with one attached hydrogen (secondary N) is 1. The monoisotopic (exact) mass is 254 g/mol. The van der Waals surface area contributed by atoms with Crippen LogP contribution in [0, 0.1) is 19.3 Å². The predicted molar refractivity (Wildman–Crippen MR) is 71.4 cm³/mol. The smallest absolute Gasteiger partial charge is 0.0900 e. The molecule has 17 heavy (non-hydrogen) atoms. The zero-order chi connectivity index (χ0) is 12.5. The number of rotatable bonds is 6. The second-order valence-electron chi connectivity index (χ2n) is 5.26. The Balaban J connectivity index is 1.89. The Morgan fingerprint density at radius 1 is 1.47 bits per heavy atom. The molecule has 0 saturated heterocycles. The molecule has 1 aromatic rings. The standard InChI is InChI=1S/C13H22N2OS/c1-9(12-10(2)15-11(3)17-12)14-8-13(4-5-13)6-7-16/h9,14,16H,4-8H2,1-3H3. The summed E-state index contributed by atoms with van der Waals surface area (Å²) in [6, 6.07) is 0.373. The van der Waals surface area contributed by atoms with Gasteiger partial charge >= 0.3 is 0 Å². The maximum absolute atomic E-state index is 9.04. The molecule has 1 aliphatic rings. The summed E-state index contributed by atoms with van der Waals surface area (Å²) in [6.45, 7) is 7.68. The van der Waals surface area contributed by atoms with Gasteiger partial charge in [-0.15, -0.1) is 11.3 Å². The Hall–Kier alpha value is -0.450. The second-order valence-corrected chi connectivity index (χ2v) is 6.49. The zero-order valence-corrected chi connectivity index (χ0v) is 11.7. The molecular weight excluding hydrogens is 232 g/mol. The molecule has 1 saturated carbocycles. The van der Waals surface area contributed by atoms with Crippen molar-refractivity contribution in [3.63, 3.8) is 0 Å². The van der Waals surface area contributed by atoms with E-state index in [1.54, 1.807) is 11.3 Å². The van der Waals surface area contributed by atoms with Crippen LogP contribution in [0.25, 0.3) is 0 Å². The highest BCUT2D eigenvalue weighted by molar-refractivity contribution is 7.11. The van der Waals surface area contributed by atoms with Gasteiger partial charge in [0.25, 0.3) is 0 Å². The Labute approximate surface area is 107 Å². The third-order valence-electron chi connectivity index (χ3n) is 3.72. The Kier molecular flexibility index (Phi) is 3.85. The minimum atomic E-state index is 0.314. The lowest BCUT2D eigenvalue weighted by molar-refractivity contribution is 0.243. The van der Waals surface area contributed by atoms with Gasteiger partial charge in [0.2, 0.25) is 0 Å². The number of aliphatic hydroxyl groups is 1. The third kappa shape index (κ3) is 3.06. The maximum Gasteiger partial charge on any atom is 0.0900 e. The van der Waals surface area contributed by atoms with Crippen molar-refractivity contribution in [3.8, 4) is 0 Å². The molecule has 96 valence electrons. The van der Waals surface area contributed by atoms with E-state index < -0.39 is 0 Å². The minimum Gasteiger partial charge on any atom is -0.396 e. The van der Waals surface area contributed by atoms with Crippen molar-refractivity contribution >= 4 is 11.3 Å². The van der Waals surface area contributed by atoms with Crippen LogP contribution in [0.2, 0.25) is 0 Å². The largest absolute Gasteiger partial charge is 0.396 e. The van der Waals surface area contributed by atoms with E-state index in [0.29, 0.717) is 18.1 Å². The summed E-state index contributed by atoms with van der Waals surface area (Å²) in [5.41, 5.74) is 1.54. The van der Waals surface area contributed by atoms with E-state index in [9.17, 15) is 0 Å². The number of hydrogen-bond acceptors (Lipinski definition) is 4. The summed E-state index contributed by atoms with van der Waals surface area (Å²) in [5.74, 6) is 0. The fourth-order valence-electron chi connectivity index (χ4n) is 2.34. The topological polar surface area (TPSA) is 45.2 Å². The fraction of sp³-hybridized carbons (Fsp3) is 0.769. The van der Waals surface area contributed by atoms with Gasteiger partial charge in [-0.3, -0.25) is 0 Å². The van der Waals surface area contributed by atoms with Gasteiger partial charge in [0, 0.05) is 24.1 Å². The summed E-state index contributed by atoms with van der Waals surface area (Å²) in [7, 11) is 0. The van der Waals surface area contributed by atoms with Crippen molar-refractivity contribution in [3.05, 3.63) is 15.6 Å². The minimum absolute atomic E-state index is 0.314. The van der Waals surface area contributed by atoms with Gasteiger partial charge in [-0.25, -0.2) is 4.98 Å². The van der Waals surface area contributed by atoms with Gasteiger partial charge in [0.05, 0.1) is 10.7 Å². The molecule has 0 spiro atoms. The normalized spacial score (nSPS) is 19.3. The SMILES string of the molecule is Cc1nc(C)c(C(C)NCC2(CCO)CC2)s1. The highest BCUT2D eigenvalue weighted by Gasteiger charge is 2.41. The van der Waals surface area contributed by atoms with Crippen molar-refractivity contribution in [2.75, 3.05) is 13.2 Å².